The van der Waals surface area contributed by atoms with Crippen molar-refractivity contribution < 1.29 is 18.4 Å². The Morgan fingerprint density at radius 1 is 1.30 bits per heavy atom. The number of nitrogens with one attached hydrogen (secondary N) is 1. The highest BCUT2D eigenvalue weighted by atomic mass is 19.3. The number of nitrogen functional groups attached to an aromatic ring is 1. The molecule has 9 nitrogen and oxygen atoms in total. The maximum atomic E-state index is 13.5. The molecule has 1 saturated heterocycles. The monoisotopic (exact) mass is 413 g/mol. The molecule has 11 heteroatoms. The van der Waals surface area contributed by atoms with Crippen molar-refractivity contribution in [3.63, 3.8) is 0 Å². The second kappa shape index (κ2) is 8.17. The van der Waals surface area contributed by atoms with Gasteiger partial charge in [0.2, 0.25) is 5.91 Å². The van der Waals surface area contributed by atoms with Crippen molar-refractivity contribution in [2.24, 2.45) is 0 Å². The van der Waals surface area contributed by atoms with Crippen molar-refractivity contribution in [3.8, 4) is 12.1 Å². The lowest BCUT2D eigenvalue weighted by Crippen LogP contribution is -2.43. The molecule has 0 bridgehead atoms. The number of benzene rings is 1. The van der Waals surface area contributed by atoms with E-state index in [1.165, 1.54) is 10.9 Å². The minimum atomic E-state index is -3.13. The van der Waals surface area contributed by atoms with Gasteiger partial charge in [-0.25, -0.2) is 8.78 Å². The number of rotatable bonds is 5. The Bertz CT molecular complexity index is 1050. The molecule has 30 heavy (non-hydrogen) atoms. The Hall–Kier alpha value is -3.99. The predicted molar refractivity (Wildman–Crippen MR) is 99.9 cm³/mol. The van der Waals surface area contributed by atoms with Crippen LogP contribution in [0.2, 0.25) is 0 Å². The molecular formula is C19H17F2N7O2. The molecule has 3 N–H and O–H groups in total. The molecule has 0 aliphatic carbocycles. The van der Waals surface area contributed by atoms with Crippen molar-refractivity contribution in [2.45, 2.75) is 24.9 Å². The smallest absolute Gasteiger partial charge is 0.268 e. The first-order chi connectivity index (χ1) is 14.2. The highest BCUT2D eigenvalue weighted by Crippen LogP contribution is 2.31. The van der Waals surface area contributed by atoms with E-state index in [0.29, 0.717) is 12.1 Å². The molecule has 0 spiro atoms. The molecule has 1 aliphatic rings. The molecule has 1 aromatic heterocycles. The number of nitriles is 2. The average Bonchev–Trinajstić information content (AvgIpc) is 3.24. The molecular weight excluding hydrogens is 396 g/mol. The van der Waals surface area contributed by atoms with Crippen LogP contribution >= 0.6 is 0 Å². The number of amides is 2. The number of carbonyl (C=O) groups excluding carboxylic acids is 2. The third-order valence-corrected chi connectivity index (χ3v) is 4.60. The summed E-state index contributed by atoms with van der Waals surface area (Å²) in [5.41, 5.74) is 7.15. The number of aromatic nitrogens is 2. The van der Waals surface area contributed by atoms with Crippen LogP contribution in [0.1, 0.15) is 27.9 Å². The van der Waals surface area contributed by atoms with Gasteiger partial charge in [-0.3, -0.25) is 14.3 Å². The minimum absolute atomic E-state index is 0.0278. The summed E-state index contributed by atoms with van der Waals surface area (Å²) in [6.07, 6.45) is 0.674. The van der Waals surface area contributed by atoms with E-state index < -0.39 is 43.3 Å². The highest BCUT2D eigenvalue weighted by molar-refractivity contribution is 5.99. The van der Waals surface area contributed by atoms with Gasteiger partial charge in [-0.15, -0.1) is 0 Å². The second-order valence-corrected chi connectivity index (χ2v) is 6.84. The Balaban J connectivity index is 1.61. The van der Waals surface area contributed by atoms with Gasteiger partial charge in [0.15, 0.2) is 5.82 Å². The van der Waals surface area contributed by atoms with Gasteiger partial charge in [0.25, 0.3) is 11.8 Å². The van der Waals surface area contributed by atoms with Gasteiger partial charge in [-0.1, -0.05) is 12.1 Å². The molecule has 0 saturated carbocycles. The molecule has 1 fully saturated rings. The summed E-state index contributed by atoms with van der Waals surface area (Å²) in [4.78, 5) is 25.3. The number of carbonyl (C=O) groups is 2. The van der Waals surface area contributed by atoms with E-state index in [0.717, 1.165) is 10.5 Å². The van der Waals surface area contributed by atoms with Crippen LogP contribution in [0, 0.1) is 22.7 Å². The van der Waals surface area contributed by atoms with Crippen molar-refractivity contribution in [1.82, 2.24) is 20.0 Å². The van der Waals surface area contributed by atoms with E-state index in [2.05, 4.69) is 10.4 Å². The Morgan fingerprint density at radius 2 is 2.00 bits per heavy atom. The summed E-state index contributed by atoms with van der Waals surface area (Å²) in [6, 6.07) is 9.24. The number of likely N-dealkylation sites (tertiary alicyclic amines) is 1. The van der Waals surface area contributed by atoms with E-state index in [1.54, 1.807) is 30.3 Å². The zero-order valence-corrected chi connectivity index (χ0v) is 15.7. The van der Waals surface area contributed by atoms with E-state index in [-0.39, 0.29) is 11.4 Å². The summed E-state index contributed by atoms with van der Waals surface area (Å²) < 4.78 is 28.3. The third kappa shape index (κ3) is 4.52. The molecule has 2 heterocycles. The highest BCUT2D eigenvalue weighted by Gasteiger charge is 2.47. The fourth-order valence-electron chi connectivity index (χ4n) is 3.11. The van der Waals surface area contributed by atoms with Crippen molar-refractivity contribution >= 4 is 17.6 Å². The van der Waals surface area contributed by atoms with E-state index in [4.69, 9.17) is 16.3 Å². The van der Waals surface area contributed by atoms with Gasteiger partial charge in [0, 0.05) is 12.6 Å². The summed E-state index contributed by atoms with van der Waals surface area (Å²) in [5.74, 6) is -4.66. The topological polar surface area (TPSA) is 141 Å². The number of nitrogens with two attached hydrogens (primary N) is 1. The average molecular weight is 413 g/mol. The van der Waals surface area contributed by atoms with Crippen LogP contribution in [0.25, 0.3) is 0 Å². The summed E-state index contributed by atoms with van der Waals surface area (Å²) in [5, 5.41) is 24.2. The van der Waals surface area contributed by atoms with Crippen LogP contribution in [-0.4, -0.2) is 51.5 Å². The second-order valence-electron chi connectivity index (χ2n) is 6.84. The standard InChI is InChI=1S/C19H17F2N7O2/c20-19(21)5-14(7-23)28(11-19)16(29)8-25-18(30)15-10-27(26-17(15)24)9-13-3-1-12(6-22)2-4-13/h1-4,10,14H,5,8-9,11H2,(H2,24,26)(H,25,30)/t14-/m0/s1. The van der Waals surface area contributed by atoms with Crippen LogP contribution in [-0.2, 0) is 11.3 Å². The normalized spacial score (nSPS) is 17.2. The number of hydrogen-bond acceptors (Lipinski definition) is 6. The zero-order chi connectivity index (χ0) is 21.9. The first-order valence-corrected chi connectivity index (χ1v) is 8.89. The molecule has 0 radical (unpaired) electrons. The lowest BCUT2D eigenvalue weighted by molar-refractivity contribution is -0.131. The zero-order valence-electron chi connectivity index (χ0n) is 15.7. The van der Waals surface area contributed by atoms with Crippen LogP contribution in [0.5, 0.6) is 0 Å². The first-order valence-electron chi connectivity index (χ1n) is 8.89. The molecule has 1 aromatic carbocycles. The predicted octanol–water partition coefficient (Wildman–Crippen LogP) is 0.875. The quantitative estimate of drug-likeness (QED) is 0.745. The number of anilines is 1. The summed E-state index contributed by atoms with van der Waals surface area (Å²) >= 11 is 0. The van der Waals surface area contributed by atoms with Crippen LogP contribution in [0.15, 0.2) is 30.5 Å². The van der Waals surface area contributed by atoms with Gasteiger partial charge in [-0.05, 0) is 17.7 Å². The van der Waals surface area contributed by atoms with Gasteiger partial charge in [0.05, 0.1) is 37.3 Å². The molecule has 154 valence electrons. The van der Waals surface area contributed by atoms with Crippen LogP contribution in [0.4, 0.5) is 14.6 Å². The summed E-state index contributed by atoms with van der Waals surface area (Å²) in [7, 11) is 0. The lowest BCUT2D eigenvalue weighted by Gasteiger charge is -2.19. The van der Waals surface area contributed by atoms with Gasteiger partial charge >= 0.3 is 0 Å². The van der Waals surface area contributed by atoms with E-state index in [9.17, 15) is 18.4 Å². The molecule has 2 amide bonds. The largest absolute Gasteiger partial charge is 0.382 e. The molecule has 1 aliphatic heterocycles. The number of hydrogen-bond donors (Lipinski definition) is 2. The van der Waals surface area contributed by atoms with Crippen molar-refractivity contribution in [1.29, 1.82) is 10.5 Å². The molecule has 0 unspecified atom stereocenters. The first kappa shape index (κ1) is 20.7. The molecule has 1 atom stereocenters. The fourth-order valence-corrected chi connectivity index (χ4v) is 3.11. The SMILES string of the molecule is N#Cc1ccc(Cn2cc(C(=O)NCC(=O)N3CC(F)(F)C[C@H]3C#N)c(N)n2)cc1. The van der Waals surface area contributed by atoms with Gasteiger partial charge in [-0.2, -0.15) is 15.6 Å². The Kier molecular flexibility index (Phi) is 5.65. The van der Waals surface area contributed by atoms with Crippen LogP contribution in [0.3, 0.4) is 0 Å². The lowest BCUT2D eigenvalue weighted by atomic mass is 10.1. The van der Waals surface area contributed by atoms with Gasteiger partial charge < -0.3 is 16.0 Å². The molecule has 3 rings (SSSR count). The van der Waals surface area contributed by atoms with E-state index >= 15 is 0 Å². The fraction of sp³-hybridized carbons (Fsp3) is 0.316. The Morgan fingerprint density at radius 3 is 2.63 bits per heavy atom. The Labute approximate surface area is 170 Å². The number of nitrogens with zero attached hydrogens (tertiary/aromatic N) is 5. The van der Waals surface area contributed by atoms with Crippen molar-refractivity contribution in [2.75, 3.05) is 18.8 Å². The maximum absolute atomic E-state index is 13.5. The van der Waals surface area contributed by atoms with Gasteiger partial charge in [0.1, 0.15) is 11.6 Å². The van der Waals surface area contributed by atoms with Crippen molar-refractivity contribution in [3.05, 3.63) is 47.2 Å². The minimum Gasteiger partial charge on any atom is -0.382 e. The number of alkyl halides is 2. The third-order valence-electron chi connectivity index (χ3n) is 4.60. The van der Waals surface area contributed by atoms with Crippen LogP contribution < -0.4 is 11.1 Å². The number of halogens is 2. The van der Waals surface area contributed by atoms with E-state index in [1.807, 2.05) is 6.07 Å². The maximum Gasteiger partial charge on any atom is 0.268 e. The molecule has 2 aromatic rings. The summed E-state index contributed by atoms with van der Waals surface area (Å²) in [6.45, 7) is -1.10.